The van der Waals surface area contributed by atoms with Crippen molar-refractivity contribution in [3.05, 3.63) is 40.6 Å². The first-order valence-electron chi connectivity index (χ1n) is 6.90. The van der Waals surface area contributed by atoms with Crippen LogP contribution in [-0.4, -0.2) is 16.3 Å². The third-order valence-corrected chi connectivity index (χ3v) is 3.22. The zero-order valence-corrected chi connectivity index (χ0v) is 12.3. The fourth-order valence-corrected chi connectivity index (χ4v) is 2.22. The standard InChI is InChI=1S/C15H23N3O/c1-5-6-16-9-15-8-14(13(4)19-15)10-18-12(3)7-11(2)17-18/h7-8,16H,5-6,9-10H2,1-4H3. The summed E-state index contributed by atoms with van der Waals surface area (Å²) in [6.07, 6.45) is 1.14. The Morgan fingerprint density at radius 1 is 1.26 bits per heavy atom. The molecule has 2 aromatic heterocycles. The van der Waals surface area contributed by atoms with Crippen LogP contribution in [0.25, 0.3) is 0 Å². The number of nitrogens with one attached hydrogen (secondary N) is 1. The summed E-state index contributed by atoms with van der Waals surface area (Å²) in [5, 5.41) is 7.85. The molecule has 0 saturated carbocycles. The van der Waals surface area contributed by atoms with Gasteiger partial charge in [0.1, 0.15) is 11.5 Å². The maximum Gasteiger partial charge on any atom is 0.118 e. The second-order valence-electron chi connectivity index (χ2n) is 5.06. The van der Waals surface area contributed by atoms with E-state index in [0.29, 0.717) is 0 Å². The molecule has 2 aromatic rings. The molecule has 19 heavy (non-hydrogen) atoms. The Kier molecular flexibility index (Phi) is 4.43. The van der Waals surface area contributed by atoms with Gasteiger partial charge in [-0.25, -0.2) is 0 Å². The van der Waals surface area contributed by atoms with Gasteiger partial charge in [-0.2, -0.15) is 5.10 Å². The van der Waals surface area contributed by atoms with Gasteiger partial charge < -0.3 is 9.73 Å². The molecule has 0 radical (unpaired) electrons. The van der Waals surface area contributed by atoms with E-state index >= 15 is 0 Å². The summed E-state index contributed by atoms with van der Waals surface area (Å²) in [7, 11) is 0. The van der Waals surface area contributed by atoms with E-state index in [1.165, 1.54) is 11.3 Å². The molecule has 0 aliphatic carbocycles. The second kappa shape index (κ2) is 6.06. The fraction of sp³-hybridized carbons (Fsp3) is 0.533. The first-order chi connectivity index (χ1) is 9.10. The highest BCUT2D eigenvalue weighted by Gasteiger charge is 2.09. The van der Waals surface area contributed by atoms with E-state index < -0.39 is 0 Å². The number of furan rings is 1. The molecule has 2 heterocycles. The van der Waals surface area contributed by atoms with Crippen LogP contribution in [-0.2, 0) is 13.1 Å². The van der Waals surface area contributed by atoms with E-state index in [1.54, 1.807) is 0 Å². The van der Waals surface area contributed by atoms with E-state index in [4.69, 9.17) is 4.42 Å². The van der Waals surface area contributed by atoms with Gasteiger partial charge >= 0.3 is 0 Å². The minimum atomic E-state index is 0.781. The summed E-state index contributed by atoms with van der Waals surface area (Å²) in [5.74, 6) is 1.99. The fourth-order valence-electron chi connectivity index (χ4n) is 2.22. The Balaban J connectivity index is 2.06. The highest BCUT2D eigenvalue weighted by molar-refractivity contribution is 5.22. The van der Waals surface area contributed by atoms with Gasteiger partial charge in [0, 0.05) is 11.3 Å². The summed E-state index contributed by atoms with van der Waals surface area (Å²) < 4.78 is 7.80. The van der Waals surface area contributed by atoms with Crippen LogP contribution >= 0.6 is 0 Å². The van der Waals surface area contributed by atoms with Crippen molar-refractivity contribution in [3.63, 3.8) is 0 Å². The van der Waals surface area contributed by atoms with E-state index in [1.807, 2.05) is 18.5 Å². The van der Waals surface area contributed by atoms with Crippen LogP contribution in [0.3, 0.4) is 0 Å². The molecule has 0 aromatic carbocycles. The average molecular weight is 261 g/mol. The summed E-state index contributed by atoms with van der Waals surface area (Å²) in [5.41, 5.74) is 3.45. The van der Waals surface area contributed by atoms with Gasteiger partial charge in [0.05, 0.1) is 18.8 Å². The molecule has 0 atom stereocenters. The van der Waals surface area contributed by atoms with Gasteiger partial charge in [0.25, 0.3) is 0 Å². The Morgan fingerprint density at radius 3 is 2.68 bits per heavy atom. The lowest BCUT2D eigenvalue weighted by Crippen LogP contribution is -2.13. The van der Waals surface area contributed by atoms with Crippen molar-refractivity contribution in [2.45, 2.75) is 47.2 Å². The molecule has 0 saturated heterocycles. The van der Waals surface area contributed by atoms with E-state index in [0.717, 1.165) is 43.3 Å². The number of rotatable bonds is 6. The zero-order valence-electron chi connectivity index (χ0n) is 12.3. The lowest BCUT2D eigenvalue weighted by molar-refractivity contribution is 0.458. The number of hydrogen-bond acceptors (Lipinski definition) is 3. The van der Waals surface area contributed by atoms with Gasteiger partial charge in [-0.1, -0.05) is 6.92 Å². The largest absolute Gasteiger partial charge is 0.465 e. The number of nitrogens with zero attached hydrogens (tertiary/aromatic N) is 2. The second-order valence-corrected chi connectivity index (χ2v) is 5.06. The molecule has 0 bridgehead atoms. The minimum absolute atomic E-state index is 0.781. The van der Waals surface area contributed by atoms with Gasteiger partial charge in [0.2, 0.25) is 0 Å². The van der Waals surface area contributed by atoms with E-state index in [2.05, 4.69) is 36.4 Å². The molecular formula is C15H23N3O. The van der Waals surface area contributed by atoms with Crippen LogP contribution in [0, 0.1) is 20.8 Å². The van der Waals surface area contributed by atoms with Crippen molar-refractivity contribution in [3.8, 4) is 0 Å². The SMILES string of the molecule is CCCNCc1cc(Cn2nc(C)cc2C)c(C)o1. The molecular weight excluding hydrogens is 238 g/mol. The summed E-state index contributed by atoms with van der Waals surface area (Å²) in [6.45, 7) is 10.9. The third-order valence-electron chi connectivity index (χ3n) is 3.22. The lowest BCUT2D eigenvalue weighted by atomic mass is 10.2. The van der Waals surface area contributed by atoms with Crippen LogP contribution in [0.2, 0.25) is 0 Å². The molecule has 1 N–H and O–H groups in total. The summed E-state index contributed by atoms with van der Waals surface area (Å²) in [4.78, 5) is 0. The van der Waals surface area contributed by atoms with Gasteiger partial charge in [-0.05, 0) is 45.9 Å². The van der Waals surface area contributed by atoms with Crippen molar-refractivity contribution in [1.29, 1.82) is 0 Å². The van der Waals surface area contributed by atoms with Crippen LogP contribution in [0.1, 0.15) is 41.8 Å². The third kappa shape index (κ3) is 3.47. The van der Waals surface area contributed by atoms with Gasteiger partial charge in [0.15, 0.2) is 0 Å². The Hall–Kier alpha value is -1.55. The Morgan fingerprint density at radius 2 is 2.05 bits per heavy atom. The smallest absolute Gasteiger partial charge is 0.118 e. The molecule has 4 heteroatoms. The van der Waals surface area contributed by atoms with E-state index in [9.17, 15) is 0 Å². The monoisotopic (exact) mass is 261 g/mol. The van der Waals surface area contributed by atoms with Crippen molar-refractivity contribution in [1.82, 2.24) is 15.1 Å². The van der Waals surface area contributed by atoms with Crippen molar-refractivity contribution < 1.29 is 4.42 Å². The Labute approximate surface area is 114 Å². The van der Waals surface area contributed by atoms with Gasteiger partial charge in [-0.3, -0.25) is 4.68 Å². The molecule has 0 aliphatic rings. The molecule has 104 valence electrons. The zero-order chi connectivity index (χ0) is 13.8. The number of aryl methyl sites for hydroxylation is 3. The first-order valence-corrected chi connectivity index (χ1v) is 6.90. The van der Waals surface area contributed by atoms with E-state index in [-0.39, 0.29) is 0 Å². The maximum atomic E-state index is 5.78. The van der Waals surface area contributed by atoms with Crippen LogP contribution in [0.15, 0.2) is 16.5 Å². The predicted octanol–water partition coefficient (Wildman–Crippen LogP) is 2.95. The molecule has 4 nitrogen and oxygen atoms in total. The van der Waals surface area contributed by atoms with Crippen molar-refractivity contribution in [2.75, 3.05) is 6.54 Å². The highest BCUT2D eigenvalue weighted by Crippen LogP contribution is 2.17. The number of aromatic nitrogens is 2. The van der Waals surface area contributed by atoms with Crippen molar-refractivity contribution in [2.24, 2.45) is 0 Å². The van der Waals surface area contributed by atoms with Crippen LogP contribution in [0.4, 0.5) is 0 Å². The van der Waals surface area contributed by atoms with Crippen LogP contribution < -0.4 is 5.32 Å². The molecule has 0 unspecified atom stereocenters. The maximum absolute atomic E-state index is 5.78. The minimum Gasteiger partial charge on any atom is -0.465 e. The molecule has 0 amide bonds. The summed E-state index contributed by atoms with van der Waals surface area (Å²) >= 11 is 0. The van der Waals surface area contributed by atoms with Gasteiger partial charge in [-0.15, -0.1) is 0 Å². The highest BCUT2D eigenvalue weighted by atomic mass is 16.3. The van der Waals surface area contributed by atoms with Crippen molar-refractivity contribution >= 4 is 0 Å². The average Bonchev–Trinajstić information content (AvgIpc) is 2.84. The van der Waals surface area contributed by atoms with Crippen LogP contribution in [0.5, 0.6) is 0 Å². The quantitative estimate of drug-likeness (QED) is 0.813. The normalized spacial score (nSPS) is 11.2. The topological polar surface area (TPSA) is 43.0 Å². The lowest BCUT2D eigenvalue weighted by Gasteiger charge is -2.02. The Bertz CT molecular complexity index is 540. The molecule has 0 aliphatic heterocycles. The number of hydrogen-bond donors (Lipinski definition) is 1. The molecule has 0 spiro atoms. The summed E-state index contributed by atoms with van der Waals surface area (Å²) in [6, 6.07) is 4.23. The molecule has 2 rings (SSSR count). The predicted molar refractivity (Wildman–Crippen MR) is 76.2 cm³/mol. The first kappa shape index (κ1) is 13.9. The molecule has 0 fully saturated rings.